The van der Waals surface area contributed by atoms with Crippen molar-refractivity contribution in [1.29, 1.82) is 0 Å². The maximum atomic E-state index is 11.9. The van der Waals surface area contributed by atoms with Gasteiger partial charge in [0.25, 0.3) is 5.91 Å². The highest BCUT2D eigenvalue weighted by atomic mass is 16.5. The van der Waals surface area contributed by atoms with Gasteiger partial charge in [-0.2, -0.15) is 0 Å². The van der Waals surface area contributed by atoms with E-state index in [0.717, 1.165) is 25.0 Å². The number of amides is 1. The Hall–Kier alpha value is -1.55. The smallest absolute Gasteiger partial charge is 0.260 e. The van der Waals surface area contributed by atoms with Crippen LogP contribution in [0.4, 0.5) is 0 Å². The summed E-state index contributed by atoms with van der Waals surface area (Å²) in [5.74, 6) is 1.19. The van der Waals surface area contributed by atoms with Gasteiger partial charge in [-0.1, -0.05) is 26.0 Å². The van der Waals surface area contributed by atoms with Crippen molar-refractivity contribution in [3.05, 3.63) is 29.8 Å². The molecule has 0 spiro atoms. The second-order valence-corrected chi connectivity index (χ2v) is 5.61. The molecule has 0 aliphatic carbocycles. The first-order valence-corrected chi connectivity index (χ1v) is 7.62. The van der Waals surface area contributed by atoms with E-state index in [2.05, 4.69) is 13.8 Å². The monoisotopic (exact) mass is 293 g/mol. The Kier molecular flexibility index (Phi) is 7.83. The maximum Gasteiger partial charge on any atom is 0.260 e. The molecule has 1 aromatic carbocycles. The highest BCUT2D eigenvalue weighted by Crippen LogP contribution is 2.18. The number of carbonyl (C=O) groups is 1. The molecule has 0 fully saturated rings. The lowest BCUT2D eigenvalue weighted by molar-refractivity contribution is -0.132. The number of hydrogen-bond acceptors (Lipinski definition) is 3. The Bertz CT molecular complexity index is 415. The highest BCUT2D eigenvalue weighted by Gasteiger charge is 2.09. The number of aliphatic hydroxyl groups excluding tert-OH is 1. The van der Waals surface area contributed by atoms with Gasteiger partial charge in [0.05, 0.1) is 0 Å². The summed E-state index contributed by atoms with van der Waals surface area (Å²) < 4.78 is 5.52. The summed E-state index contributed by atoms with van der Waals surface area (Å²) in [5, 5.41) is 8.70. The molecule has 4 heteroatoms. The molecular formula is C17H27NO3. The van der Waals surface area contributed by atoms with Gasteiger partial charge in [0.1, 0.15) is 5.75 Å². The van der Waals surface area contributed by atoms with Gasteiger partial charge in [-0.05, 0) is 42.9 Å². The minimum Gasteiger partial charge on any atom is -0.484 e. The molecule has 1 aromatic rings. The molecule has 0 aromatic heterocycles. The Morgan fingerprint density at radius 1 is 1.19 bits per heavy atom. The van der Waals surface area contributed by atoms with Crippen LogP contribution in [0.3, 0.4) is 0 Å². The molecule has 21 heavy (non-hydrogen) atoms. The molecule has 4 nitrogen and oxygen atoms in total. The van der Waals surface area contributed by atoms with Gasteiger partial charge < -0.3 is 14.7 Å². The van der Waals surface area contributed by atoms with Crippen molar-refractivity contribution in [1.82, 2.24) is 4.90 Å². The van der Waals surface area contributed by atoms with E-state index in [1.807, 2.05) is 24.3 Å². The van der Waals surface area contributed by atoms with E-state index in [-0.39, 0.29) is 19.1 Å². The van der Waals surface area contributed by atoms with E-state index >= 15 is 0 Å². The second kappa shape index (κ2) is 9.40. The fourth-order valence-corrected chi connectivity index (χ4v) is 1.97. The summed E-state index contributed by atoms with van der Waals surface area (Å²) in [6, 6.07) is 7.87. The average Bonchev–Trinajstić information content (AvgIpc) is 2.49. The van der Waals surface area contributed by atoms with Gasteiger partial charge in [-0.25, -0.2) is 0 Å². The van der Waals surface area contributed by atoms with Crippen molar-refractivity contribution in [2.75, 3.05) is 26.8 Å². The molecule has 0 aliphatic heterocycles. The summed E-state index contributed by atoms with van der Waals surface area (Å²) in [6.07, 6.45) is 2.64. The zero-order valence-electron chi connectivity index (χ0n) is 13.3. The number of aliphatic hydroxyl groups is 1. The number of hydrogen-bond donors (Lipinski definition) is 1. The molecule has 0 aliphatic rings. The summed E-state index contributed by atoms with van der Waals surface area (Å²) in [7, 11) is 1.78. The second-order valence-electron chi connectivity index (χ2n) is 5.61. The fourth-order valence-electron chi connectivity index (χ4n) is 1.97. The van der Waals surface area contributed by atoms with Crippen molar-refractivity contribution >= 4 is 5.91 Å². The number of likely N-dealkylation sites (N-methyl/N-ethyl adjacent to an activating group) is 1. The lowest BCUT2D eigenvalue weighted by Gasteiger charge is -2.17. The fraction of sp³-hybridized carbons (Fsp3) is 0.588. The molecule has 0 saturated heterocycles. The largest absolute Gasteiger partial charge is 0.484 e. The van der Waals surface area contributed by atoms with Crippen molar-refractivity contribution in [2.45, 2.75) is 39.0 Å². The Morgan fingerprint density at radius 3 is 2.43 bits per heavy atom. The van der Waals surface area contributed by atoms with Crippen LogP contribution in [-0.4, -0.2) is 42.7 Å². The van der Waals surface area contributed by atoms with Gasteiger partial charge in [0.15, 0.2) is 6.61 Å². The first kappa shape index (κ1) is 17.5. The van der Waals surface area contributed by atoms with Gasteiger partial charge in [-0.3, -0.25) is 4.79 Å². The number of unbranched alkanes of at least 4 members (excludes halogenated alkanes) is 2. The lowest BCUT2D eigenvalue weighted by Crippen LogP contribution is -2.32. The van der Waals surface area contributed by atoms with Crippen LogP contribution in [0.1, 0.15) is 44.6 Å². The molecule has 0 unspecified atom stereocenters. The summed E-state index contributed by atoms with van der Waals surface area (Å²) in [4.78, 5) is 13.6. The molecule has 0 heterocycles. The molecule has 1 rings (SSSR count). The van der Waals surface area contributed by atoms with Crippen LogP contribution in [0, 0.1) is 0 Å². The minimum absolute atomic E-state index is 0.0214. The van der Waals surface area contributed by atoms with E-state index in [9.17, 15) is 4.79 Å². The van der Waals surface area contributed by atoms with Crippen LogP contribution in [0.5, 0.6) is 5.75 Å². The van der Waals surface area contributed by atoms with Crippen LogP contribution >= 0.6 is 0 Å². The molecule has 0 radical (unpaired) electrons. The first-order chi connectivity index (χ1) is 10.0. The zero-order chi connectivity index (χ0) is 15.7. The van der Waals surface area contributed by atoms with Crippen LogP contribution < -0.4 is 4.74 Å². The van der Waals surface area contributed by atoms with Crippen molar-refractivity contribution < 1.29 is 14.6 Å². The summed E-state index contributed by atoms with van der Waals surface area (Å²) >= 11 is 0. The standard InChI is InChI=1S/C17H27NO3/c1-14(2)15-7-9-16(10-8-15)21-13-17(20)18(3)11-5-4-6-12-19/h7-10,14,19H,4-6,11-13H2,1-3H3. The summed E-state index contributed by atoms with van der Waals surface area (Å²) in [6.45, 7) is 5.27. The topological polar surface area (TPSA) is 49.8 Å². The number of rotatable bonds is 9. The SMILES string of the molecule is CC(C)c1ccc(OCC(=O)N(C)CCCCCO)cc1. The third-order valence-electron chi connectivity index (χ3n) is 3.49. The van der Waals surface area contributed by atoms with E-state index in [4.69, 9.17) is 9.84 Å². The van der Waals surface area contributed by atoms with Gasteiger partial charge >= 0.3 is 0 Å². The molecular weight excluding hydrogens is 266 g/mol. The number of ether oxygens (including phenoxy) is 1. The average molecular weight is 293 g/mol. The van der Waals surface area contributed by atoms with Crippen molar-refractivity contribution in [2.24, 2.45) is 0 Å². The number of nitrogens with zero attached hydrogens (tertiary/aromatic N) is 1. The lowest BCUT2D eigenvalue weighted by atomic mass is 10.0. The van der Waals surface area contributed by atoms with Crippen LogP contribution in [0.25, 0.3) is 0 Å². The van der Waals surface area contributed by atoms with Gasteiger partial charge in [0.2, 0.25) is 0 Å². The zero-order valence-corrected chi connectivity index (χ0v) is 13.3. The molecule has 1 amide bonds. The van der Waals surface area contributed by atoms with E-state index in [1.54, 1.807) is 11.9 Å². The van der Waals surface area contributed by atoms with Crippen LogP contribution in [0.15, 0.2) is 24.3 Å². The van der Waals surface area contributed by atoms with Crippen molar-refractivity contribution in [3.63, 3.8) is 0 Å². The first-order valence-electron chi connectivity index (χ1n) is 7.62. The quantitative estimate of drug-likeness (QED) is 0.712. The van der Waals surface area contributed by atoms with Gasteiger partial charge in [0, 0.05) is 20.2 Å². The molecule has 118 valence electrons. The third-order valence-corrected chi connectivity index (χ3v) is 3.49. The number of benzene rings is 1. The Morgan fingerprint density at radius 2 is 1.86 bits per heavy atom. The van der Waals surface area contributed by atoms with Crippen LogP contribution in [-0.2, 0) is 4.79 Å². The summed E-state index contributed by atoms with van der Waals surface area (Å²) in [5.41, 5.74) is 1.26. The molecule has 0 saturated carbocycles. The van der Waals surface area contributed by atoms with E-state index < -0.39 is 0 Å². The minimum atomic E-state index is -0.0214. The Labute approximate surface area is 127 Å². The highest BCUT2D eigenvalue weighted by molar-refractivity contribution is 5.77. The van der Waals surface area contributed by atoms with Crippen molar-refractivity contribution in [3.8, 4) is 5.75 Å². The molecule has 0 bridgehead atoms. The molecule has 1 N–H and O–H groups in total. The predicted molar refractivity (Wildman–Crippen MR) is 84.6 cm³/mol. The normalized spacial score (nSPS) is 10.7. The number of carbonyl (C=O) groups excluding carboxylic acids is 1. The third kappa shape index (κ3) is 6.63. The maximum absolute atomic E-state index is 11.9. The van der Waals surface area contributed by atoms with E-state index in [1.165, 1.54) is 5.56 Å². The predicted octanol–water partition coefficient (Wildman–Crippen LogP) is 2.81. The van der Waals surface area contributed by atoms with E-state index in [0.29, 0.717) is 12.5 Å². The molecule has 0 atom stereocenters. The Balaban J connectivity index is 2.31. The van der Waals surface area contributed by atoms with Gasteiger partial charge in [-0.15, -0.1) is 0 Å². The van der Waals surface area contributed by atoms with Crippen LogP contribution in [0.2, 0.25) is 0 Å².